The second kappa shape index (κ2) is 12.6. The number of carbonyl (C=O) groups excluding carboxylic acids is 2. The molecule has 0 heterocycles. The van der Waals surface area contributed by atoms with E-state index < -0.39 is 11.9 Å². The van der Waals surface area contributed by atoms with Crippen molar-refractivity contribution >= 4 is 18.2 Å². The fraction of sp³-hybridized carbons (Fsp3) is 0.217. The minimum absolute atomic E-state index is 0.0157. The highest BCUT2D eigenvalue weighted by Crippen LogP contribution is 2.07. The van der Waals surface area contributed by atoms with Gasteiger partial charge in [0.2, 0.25) is 0 Å². The average molecular weight is 391 g/mol. The number of benzene rings is 2. The maximum Gasteiger partial charge on any atom is 0.329 e. The molecule has 0 bridgehead atoms. The van der Waals surface area contributed by atoms with Crippen LogP contribution in [0.15, 0.2) is 77.4 Å². The van der Waals surface area contributed by atoms with E-state index in [-0.39, 0.29) is 26.2 Å². The van der Waals surface area contributed by atoms with Crippen molar-refractivity contribution in [2.75, 3.05) is 6.54 Å². The summed E-state index contributed by atoms with van der Waals surface area (Å²) in [7, 11) is 0. The highest BCUT2D eigenvalue weighted by atomic mass is 16.5. The summed E-state index contributed by atoms with van der Waals surface area (Å²) in [5.41, 5.74) is 2.26. The number of hydrogen-bond acceptors (Lipinski definition) is 5. The number of rotatable bonds is 9. The van der Waals surface area contributed by atoms with E-state index in [4.69, 9.17) is 9.47 Å². The number of carbonyl (C=O) groups is 2. The second-order valence-corrected chi connectivity index (χ2v) is 5.95. The molecule has 148 valence electrons. The number of ether oxygens (including phenoxy) is 2. The Hall–Kier alpha value is -3.72. The molecule has 0 saturated heterocycles. The number of allylic oxidation sites excluding steroid dienone is 1. The van der Waals surface area contributed by atoms with E-state index in [0.29, 0.717) is 5.70 Å². The maximum atomic E-state index is 12.0. The zero-order valence-corrected chi connectivity index (χ0v) is 16.3. The maximum absolute atomic E-state index is 12.0. The Balaban J connectivity index is 1.77. The fourth-order valence-corrected chi connectivity index (χ4v) is 2.27. The summed E-state index contributed by atoms with van der Waals surface area (Å²) in [5, 5.41) is 0. The summed E-state index contributed by atoms with van der Waals surface area (Å²) in [5.74, 6) is -0.845. The van der Waals surface area contributed by atoms with Crippen LogP contribution in [0.25, 0.3) is 4.85 Å². The van der Waals surface area contributed by atoms with Gasteiger partial charge in [-0.05, 0) is 16.0 Å². The molecule has 29 heavy (non-hydrogen) atoms. The molecule has 0 fully saturated rings. The first-order chi connectivity index (χ1) is 14.2. The first-order valence-electron chi connectivity index (χ1n) is 9.13. The van der Waals surface area contributed by atoms with Gasteiger partial charge in [0, 0.05) is 12.3 Å². The molecule has 0 spiro atoms. The van der Waals surface area contributed by atoms with Crippen molar-refractivity contribution in [3.05, 3.63) is 88.4 Å². The lowest BCUT2D eigenvalue weighted by molar-refractivity contribution is -0.144. The zero-order valence-electron chi connectivity index (χ0n) is 16.3. The second-order valence-electron chi connectivity index (χ2n) is 5.95. The van der Waals surface area contributed by atoms with Crippen LogP contribution in [-0.2, 0) is 32.3 Å². The summed E-state index contributed by atoms with van der Waals surface area (Å²) < 4.78 is 10.4. The van der Waals surface area contributed by atoms with Crippen LogP contribution >= 0.6 is 0 Å². The van der Waals surface area contributed by atoms with Crippen LogP contribution in [0.2, 0.25) is 0 Å². The summed E-state index contributed by atoms with van der Waals surface area (Å²) in [6, 6.07) is 21.5. The van der Waals surface area contributed by atoms with Gasteiger partial charge in [0.15, 0.2) is 0 Å². The largest absolute Gasteiger partial charge is 0.460 e. The molecule has 2 aromatic rings. The van der Waals surface area contributed by atoms with Gasteiger partial charge in [-0.3, -0.25) is 14.6 Å². The highest BCUT2D eigenvalue weighted by molar-refractivity contribution is 5.80. The van der Waals surface area contributed by atoms with Crippen molar-refractivity contribution < 1.29 is 19.1 Å². The van der Waals surface area contributed by atoms with Gasteiger partial charge in [-0.25, -0.2) is 0 Å². The van der Waals surface area contributed by atoms with Crippen molar-refractivity contribution in [2.24, 2.45) is 4.99 Å². The molecule has 0 aliphatic heterocycles. The molecular formula is C23H23N2O4+. The van der Waals surface area contributed by atoms with Gasteiger partial charge in [0.05, 0.1) is 6.92 Å². The van der Waals surface area contributed by atoms with E-state index in [1.165, 1.54) is 6.21 Å². The SMILES string of the molecule is CC#[N+]/C(=C\C=N/CC(=O)OCc1ccccc1)CC(=O)OCc1ccccc1. The minimum Gasteiger partial charge on any atom is -0.460 e. The summed E-state index contributed by atoms with van der Waals surface area (Å²) >= 11 is 0. The lowest BCUT2D eigenvalue weighted by Gasteiger charge is -2.02. The zero-order chi connectivity index (χ0) is 20.7. The van der Waals surface area contributed by atoms with Gasteiger partial charge in [0.1, 0.15) is 26.2 Å². The van der Waals surface area contributed by atoms with E-state index >= 15 is 0 Å². The van der Waals surface area contributed by atoms with Gasteiger partial charge in [-0.1, -0.05) is 60.7 Å². The van der Waals surface area contributed by atoms with E-state index in [9.17, 15) is 9.59 Å². The van der Waals surface area contributed by atoms with Crippen LogP contribution in [0, 0.1) is 6.07 Å². The summed E-state index contributed by atoms with van der Waals surface area (Å²) in [6.45, 7) is 1.92. The number of aliphatic imine (C=N–C) groups is 1. The molecule has 0 unspecified atom stereocenters. The van der Waals surface area contributed by atoms with E-state index in [1.54, 1.807) is 13.0 Å². The third kappa shape index (κ3) is 9.16. The monoisotopic (exact) mass is 391 g/mol. The molecule has 0 aliphatic rings. The molecule has 2 aromatic carbocycles. The van der Waals surface area contributed by atoms with Crippen LogP contribution in [0.5, 0.6) is 0 Å². The molecule has 6 heteroatoms. The van der Waals surface area contributed by atoms with Gasteiger partial charge in [-0.2, -0.15) is 0 Å². The Bertz CT molecular complexity index is 910. The molecule has 6 nitrogen and oxygen atoms in total. The molecule has 0 saturated carbocycles. The van der Waals surface area contributed by atoms with Crippen LogP contribution in [0.4, 0.5) is 0 Å². The molecular weight excluding hydrogens is 368 g/mol. The summed E-state index contributed by atoms with van der Waals surface area (Å²) in [6.07, 6.45) is 2.95. The quantitative estimate of drug-likeness (QED) is 0.475. The van der Waals surface area contributed by atoms with Crippen molar-refractivity contribution in [3.63, 3.8) is 0 Å². The number of nitrogens with zero attached hydrogens (tertiary/aromatic N) is 2. The van der Waals surface area contributed by atoms with Crippen LogP contribution in [0.1, 0.15) is 24.5 Å². The van der Waals surface area contributed by atoms with Gasteiger partial charge < -0.3 is 9.47 Å². The third-order valence-electron chi connectivity index (χ3n) is 3.66. The minimum atomic E-state index is -0.437. The fourth-order valence-electron chi connectivity index (χ4n) is 2.27. The lowest BCUT2D eigenvalue weighted by Crippen LogP contribution is -2.08. The molecule has 2 rings (SSSR count). The number of esters is 2. The predicted octanol–water partition coefficient (Wildman–Crippen LogP) is 4.17. The van der Waals surface area contributed by atoms with Crippen LogP contribution in [-0.4, -0.2) is 24.7 Å². The van der Waals surface area contributed by atoms with Gasteiger partial charge in [0.25, 0.3) is 6.07 Å². The Morgan fingerprint density at radius 3 is 2.03 bits per heavy atom. The third-order valence-corrected chi connectivity index (χ3v) is 3.66. The molecule has 0 atom stereocenters. The van der Waals surface area contributed by atoms with Crippen LogP contribution < -0.4 is 0 Å². The van der Waals surface area contributed by atoms with E-state index in [0.717, 1.165) is 11.1 Å². The van der Waals surface area contributed by atoms with Crippen LogP contribution in [0.3, 0.4) is 0 Å². The van der Waals surface area contributed by atoms with Crippen molar-refractivity contribution in [1.82, 2.24) is 0 Å². The lowest BCUT2D eigenvalue weighted by atomic mass is 10.2. The Kier molecular flexibility index (Phi) is 9.40. The predicted molar refractivity (Wildman–Crippen MR) is 111 cm³/mol. The molecule has 0 aliphatic carbocycles. The smallest absolute Gasteiger partial charge is 0.329 e. The van der Waals surface area contributed by atoms with E-state index in [1.807, 2.05) is 60.7 Å². The Labute approximate surface area is 170 Å². The Morgan fingerprint density at radius 1 is 0.931 bits per heavy atom. The average Bonchev–Trinajstić information content (AvgIpc) is 2.75. The first kappa shape index (κ1) is 21.6. The Morgan fingerprint density at radius 2 is 1.48 bits per heavy atom. The van der Waals surface area contributed by atoms with E-state index in [2.05, 4.69) is 15.9 Å². The normalized spacial score (nSPS) is 10.9. The highest BCUT2D eigenvalue weighted by Gasteiger charge is 2.14. The van der Waals surface area contributed by atoms with Gasteiger partial charge >= 0.3 is 17.6 Å². The molecule has 0 radical (unpaired) electrons. The molecule has 0 amide bonds. The number of hydrogen-bond donors (Lipinski definition) is 0. The van der Waals surface area contributed by atoms with Crippen molar-refractivity contribution in [1.29, 1.82) is 0 Å². The topological polar surface area (TPSA) is 69.3 Å². The van der Waals surface area contributed by atoms with Crippen molar-refractivity contribution in [2.45, 2.75) is 26.6 Å². The molecule has 0 N–H and O–H groups in total. The van der Waals surface area contributed by atoms with Crippen molar-refractivity contribution in [3.8, 4) is 6.07 Å². The molecule has 0 aromatic heterocycles. The first-order valence-corrected chi connectivity index (χ1v) is 9.13. The summed E-state index contributed by atoms with van der Waals surface area (Å²) in [4.78, 5) is 31.7. The van der Waals surface area contributed by atoms with Gasteiger partial charge in [-0.15, -0.1) is 0 Å². The standard InChI is InChI=1S/C23H23N2O4/c1-2-25-21(15-22(26)28-17-19-9-5-3-6-10-19)13-14-24-16-23(27)29-18-20-11-7-4-8-12-20/h3-14H,15-18H2,1H3/q+1/b21-13-,24-14-.